The van der Waals surface area contributed by atoms with Crippen LogP contribution in [0, 0.1) is 18.8 Å². The molecule has 2 aromatic heterocycles. The Balaban J connectivity index is 0.000000604. The summed E-state index contributed by atoms with van der Waals surface area (Å²) < 4.78 is 5.75. The van der Waals surface area contributed by atoms with Crippen LogP contribution >= 0.6 is 0 Å². The summed E-state index contributed by atoms with van der Waals surface area (Å²) in [4.78, 5) is 63.7. The van der Waals surface area contributed by atoms with Crippen molar-refractivity contribution in [2.24, 2.45) is 11.8 Å². The van der Waals surface area contributed by atoms with Crippen molar-refractivity contribution in [2.45, 2.75) is 80.1 Å². The molecule has 4 aliphatic rings. The summed E-state index contributed by atoms with van der Waals surface area (Å²) in [6.07, 6.45) is 14.7. The molecule has 1 atom stereocenters. The Bertz CT molecular complexity index is 2170. The molecule has 1 amide bonds. The fourth-order valence-electron chi connectivity index (χ4n) is 8.97. The van der Waals surface area contributed by atoms with Crippen LogP contribution in [0.4, 0.5) is 28.6 Å². The molecule has 0 bridgehead atoms. The summed E-state index contributed by atoms with van der Waals surface area (Å²) in [6.45, 7) is 26.4. The van der Waals surface area contributed by atoms with Gasteiger partial charge < -0.3 is 40.2 Å². The van der Waals surface area contributed by atoms with Crippen LogP contribution < -0.4 is 35.4 Å². The third-order valence-electron chi connectivity index (χ3n) is 12.8. The highest BCUT2D eigenvalue weighted by atomic mass is 16.5. The number of rotatable bonds is 15. The van der Waals surface area contributed by atoms with Crippen LogP contribution in [-0.2, 0) is 9.59 Å². The van der Waals surface area contributed by atoms with E-state index < -0.39 is 0 Å². The standard InChI is InChI=1S/C43H54N8O3.C7H13NO2.C2H6/c1-5-33-13-17-51(39-26-46-43-42(31(39)4)44-14-22-54-43)28-34(33)23-30(3)47-36-7-10-41(45-25-36)50-15-11-32(12-16-50)27-48-18-20-49(21-19-48)37-8-9-38(40(53)6-2)35(24-37)29-52;1-6(4-3-5-9)7(10)8-2;1-2/h5,7-10,23-26,29,32,44,47H,3,6,11-22,27-28H2,1-2,4H3;5-6H,3-4H2,1-2H3,(H,8,10);1-2H3/b33-5-,34-23-;;. The summed E-state index contributed by atoms with van der Waals surface area (Å²) >= 11 is 0. The SMILES string of the molecule is C=C(/C=C1/CN(c2cnc3c(c2C)NCCO3)CC/C1=C/C)Nc1ccc(N2CCC(CN3CCN(c4ccc(C(=O)CC)c(C=O)c4)CC3)CC2)nc1.CC.CNC(=O)C(C)CCC=O. The number of aromatic nitrogens is 2. The number of benzene rings is 1. The summed E-state index contributed by atoms with van der Waals surface area (Å²) in [5.74, 6) is 2.34. The van der Waals surface area contributed by atoms with Crippen molar-refractivity contribution in [1.82, 2.24) is 20.2 Å². The molecule has 0 radical (unpaired) electrons. The first-order valence-electron chi connectivity index (χ1n) is 23.9. The van der Waals surface area contributed by atoms with Crippen molar-refractivity contribution in [1.29, 1.82) is 0 Å². The van der Waals surface area contributed by atoms with Gasteiger partial charge in [0.05, 0.1) is 23.8 Å². The van der Waals surface area contributed by atoms with Crippen molar-refractivity contribution in [3.05, 3.63) is 95.0 Å². The van der Waals surface area contributed by atoms with E-state index >= 15 is 0 Å². The molecule has 356 valence electrons. The summed E-state index contributed by atoms with van der Waals surface area (Å²) in [5.41, 5.74) is 9.71. The minimum Gasteiger partial charge on any atom is -0.474 e. The van der Waals surface area contributed by atoms with Crippen LogP contribution in [0.3, 0.4) is 0 Å². The van der Waals surface area contributed by atoms with Gasteiger partial charge in [0, 0.05) is 119 Å². The number of amides is 1. The lowest BCUT2D eigenvalue weighted by Crippen LogP contribution is -2.49. The number of Topliss-reactive ketones (excluding diaryl/α,β-unsaturated/α-hetero) is 1. The summed E-state index contributed by atoms with van der Waals surface area (Å²) in [7, 11) is 1.60. The van der Waals surface area contributed by atoms with Gasteiger partial charge in [0.25, 0.3) is 0 Å². The molecule has 1 aromatic carbocycles. The van der Waals surface area contributed by atoms with E-state index in [9.17, 15) is 19.2 Å². The number of anilines is 5. The number of carbonyl (C=O) groups excluding carboxylic acids is 4. The molecule has 0 saturated carbocycles. The third kappa shape index (κ3) is 13.5. The molecule has 66 heavy (non-hydrogen) atoms. The van der Waals surface area contributed by atoms with Gasteiger partial charge in [-0.3, -0.25) is 19.3 Å². The van der Waals surface area contributed by atoms with Crippen LogP contribution in [0.15, 0.2) is 78.3 Å². The number of allylic oxidation sites excluding steroid dienone is 2. The van der Waals surface area contributed by atoms with E-state index in [4.69, 9.17) is 9.72 Å². The van der Waals surface area contributed by atoms with Crippen molar-refractivity contribution >= 4 is 52.8 Å². The Morgan fingerprint density at radius 1 is 0.970 bits per heavy atom. The van der Waals surface area contributed by atoms with Gasteiger partial charge >= 0.3 is 0 Å². The van der Waals surface area contributed by atoms with Gasteiger partial charge in [0.2, 0.25) is 11.8 Å². The Kier molecular flexibility index (Phi) is 19.8. The number of nitrogens with zero attached hydrogens (tertiary/aromatic N) is 6. The highest BCUT2D eigenvalue weighted by Crippen LogP contribution is 2.37. The summed E-state index contributed by atoms with van der Waals surface area (Å²) in [5, 5.41) is 9.46. The number of piperidine rings is 2. The average molecular weight is 904 g/mol. The molecule has 3 fully saturated rings. The maximum absolute atomic E-state index is 12.2. The second kappa shape index (κ2) is 25.6. The Morgan fingerprint density at radius 2 is 1.73 bits per heavy atom. The lowest BCUT2D eigenvalue weighted by molar-refractivity contribution is -0.124. The minimum atomic E-state index is -0.0461. The number of nitrogens with one attached hydrogen (secondary N) is 3. The molecular weight excluding hydrogens is 831 g/mol. The van der Waals surface area contributed by atoms with E-state index in [1.807, 2.05) is 58.3 Å². The lowest BCUT2D eigenvalue weighted by Gasteiger charge is -2.40. The maximum Gasteiger partial charge on any atom is 0.237 e. The number of carbonyl (C=O) groups is 4. The first kappa shape index (κ1) is 51.0. The van der Waals surface area contributed by atoms with E-state index in [2.05, 4.69) is 85.2 Å². The largest absolute Gasteiger partial charge is 0.474 e. The van der Waals surface area contributed by atoms with Gasteiger partial charge in [-0.25, -0.2) is 9.97 Å². The zero-order chi connectivity index (χ0) is 47.6. The van der Waals surface area contributed by atoms with Crippen LogP contribution in [0.5, 0.6) is 5.88 Å². The molecule has 3 saturated heterocycles. The van der Waals surface area contributed by atoms with Crippen LogP contribution in [0.2, 0.25) is 0 Å². The summed E-state index contributed by atoms with van der Waals surface area (Å²) in [6, 6.07) is 9.90. The molecule has 14 heteroatoms. The number of ketones is 1. The van der Waals surface area contributed by atoms with E-state index in [1.165, 1.54) is 16.7 Å². The molecule has 3 N–H and O–H groups in total. The maximum atomic E-state index is 12.2. The van der Waals surface area contributed by atoms with Crippen molar-refractivity contribution < 1.29 is 23.9 Å². The van der Waals surface area contributed by atoms with Crippen molar-refractivity contribution in [2.75, 3.05) is 104 Å². The van der Waals surface area contributed by atoms with E-state index in [1.54, 1.807) is 7.05 Å². The number of fused-ring (bicyclic) bond motifs is 1. The van der Waals surface area contributed by atoms with Gasteiger partial charge in [-0.05, 0) is 93.0 Å². The number of pyridine rings is 2. The second-order valence-corrected chi connectivity index (χ2v) is 17.1. The topological polar surface area (TPSA) is 152 Å². The van der Waals surface area contributed by atoms with Crippen molar-refractivity contribution in [3.8, 4) is 5.88 Å². The molecule has 3 aromatic rings. The molecule has 7 rings (SSSR count). The predicted molar refractivity (Wildman–Crippen MR) is 269 cm³/mol. The fourth-order valence-corrected chi connectivity index (χ4v) is 8.97. The number of piperazine rings is 1. The Labute approximate surface area is 392 Å². The monoisotopic (exact) mass is 904 g/mol. The Hall–Kier alpha value is -6.02. The fraction of sp³-hybridized carbons (Fsp3) is 0.500. The first-order valence-corrected chi connectivity index (χ1v) is 23.9. The van der Waals surface area contributed by atoms with Gasteiger partial charge in [-0.2, -0.15) is 0 Å². The number of ether oxygens (including phenoxy) is 1. The van der Waals surface area contributed by atoms with E-state index in [0.717, 1.165) is 132 Å². The molecule has 6 heterocycles. The Morgan fingerprint density at radius 3 is 2.38 bits per heavy atom. The van der Waals surface area contributed by atoms with Gasteiger partial charge in [0.15, 0.2) is 12.1 Å². The van der Waals surface area contributed by atoms with Crippen LogP contribution in [0.1, 0.15) is 99.4 Å². The van der Waals surface area contributed by atoms with E-state index in [0.29, 0.717) is 48.8 Å². The molecule has 0 spiro atoms. The van der Waals surface area contributed by atoms with Gasteiger partial charge in [-0.15, -0.1) is 0 Å². The molecule has 4 aliphatic heterocycles. The van der Waals surface area contributed by atoms with Gasteiger partial charge in [0.1, 0.15) is 24.4 Å². The smallest absolute Gasteiger partial charge is 0.237 e. The molecular formula is C52H73N9O5. The first-order chi connectivity index (χ1) is 32.0. The second-order valence-electron chi connectivity index (χ2n) is 17.1. The van der Waals surface area contributed by atoms with Gasteiger partial charge in [-0.1, -0.05) is 40.3 Å². The third-order valence-corrected chi connectivity index (χ3v) is 12.8. The molecule has 14 nitrogen and oxygen atoms in total. The number of hydrogen-bond acceptors (Lipinski definition) is 13. The predicted octanol–water partition coefficient (Wildman–Crippen LogP) is 8.12. The highest BCUT2D eigenvalue weighted by molar-refractivity contribution is 6.03. The van der Waals surface area contributed by atoms with Crippen LogP contribution in [0.25, 0.3) is 0 Å². The zero-order valence-electron chi connectivity index (χ0n) is 40.5. The van der Waals surface area contributed by atoms with E-state index in [-0.39, 0.29) is 17.6 Å². The van der Waals surface area contributed by atoms with Crippen LogP contribution in [-0.4, -0.2) is 118 Å². The minimum absolute atomic E-state index is 0.00171. The quantitative estimate of drug-likeness (QED) is 0.0996. The number of aldehydes is 2. The molecule has 0 aliphatic carbocycles. The molecule has 1 unspecified atom stereocenters. The highest BCUT2D eigenvalue weighted by Gasteiger charge is 2.27. The lowest BCUT2D eigenvalue weighted by atomic mass is 9.95. The van der Waals surface area contributed by atoms with Crippen molar-refractivity contribution in [3.63, 3.8) is 0 Å². The zero-order valence-corrected chi connectivity index (χ0v) is 40.5. The normalized spacial score (nSPS) is 18.0. The average Bonchev–Trinajstić information content (AvgIpc) is 3.36. The number of hydrogen-bond donors (Lipinski definition) is 3.